The molecule has 2 rings (SSSR count). The number of Topliss-reactive ketones (excluding diaryl/α,β-unsaturated/α-hetero) is 1. The first-order valence-corrected chi connectivity index (χ1v) is 6.79. The van der Waals surface area contributed by atoms with Crippen molar-refractivity contribution in [2.24, 2.45) is 0 Å². The van der Waals surface area contributed by atoms with Crippen LogP contribution in [0.5, 0.6) is 0 Å². The first-order chi connectivity index (χ1) is 8.65. The highest BCUT2D eigenvalue weighted by Gasteiger charge is 2.00. The molecule has 0 aliphatic rings. The summed E-state index contributed by atoms with van der Waals surface area (Å²) in [5, 5.41) is 6.54. The average molecular weight is 260 g/mol. The van der Waals surface area contributed by atoms with E-state index in [1.807, 2.05) is 31.2 Å². The fourth-order valence-electron chi connectivity index (χ4n) is 1.65. The molecule has 1 N–H and O–H groups in total. The number of aromatic nitrogens is 1. The number of anilines is 1. The van der Waals surface area contributed by atoms with Crippen molar-refractivity contribution in [3.8, 4) is 0 Å². The minimum absolute atomic E-state index is 0.0970. The maximum atomic E-state index is 11.1. The summed E-state index contributed by atoms with van der Waals surface area (Å²) in [4.78, 5) is 15.5. The number of nitrogens with one attached hydrogen (secondary N) is 1. The summed E-state index contributed by atoms with van der Waals surface area (Å²) in [5.74, 6) is 0.0970. The van der Waals surface area contributed by atoms with Gasteiger partial charge in [-0.1, -0.05) is 0 Å². The summed E-state index contributed by atoms with van der Waals surface area (Å²) in [7, 11) is 0. The lowest BCUT2D eigenvalue weighted by Crippen LogP contribution is -2.04. The Balaban J connectivity index is 1.85. The lowest BCUT2D eigenvalue weighted by Gasteiger charge is -2.05. The van der Waals surface area contributed by atoms with Crippen molar-refractivity contribution in [1.29, 1.82) is 0 Å². The zero-order valence-electron chi connectivity index (χ0n) is 10.6. The zero-order chi connectivity index (χ0) is 13.0. The molecule has 0 saturated carbocycles. The second kappa shape index (κ2) is 5.78. The molecule has 1 aromatic heterocycles. The summed E-state index contributed by atoms with van der Waals surface area (Å²) in [6.45, 7) is 4.44. The van der Waals surface area contributed by atoms with E-state index < -0.39 is 0 Å². The monoisotopic (exact) mass is 260 g/mol. The number of hydrogen-bond donors (Lipinski definition) is 1. The van der Waals surface area contributed by atoms with Gasteiger partial charge in [-0.3, -0.25) is 4.79 Å². The van der Waals surface area contributed by atoms with Crippen LogP contribution in [0.1, 0.15) is 28.0 Å². The molecule has 0 unspecified atom stereocenters. The Morgan fingerprint density at radius 3 is 2.61 bits per heavy atom. The molecule has 2 aromatic rings. The van der Waals surface area contributed by atoms with Gasteiger partial charge in [0.2, 0.25) is 0 Å². The van der Waals surface area contributed by atoms with Crippen molar-refractivity contribution < 1.29 is 4.79 Å². The summed E-state index contributed by atoms with van der Waals surface area (Å²) in [6.07, 6.45) is 0.924. The predicted molar refractivity (Wildman–Crippen MR) is 75.5 cm³/mol. The molecule has 0 aliphatic heterocycles. The molecule has 0 fully saturated rings. The lowest BCUT2D eigenvalue weighted by atomic mass is 10.1. The molecule has 0 radical (unpaired) electrons. The van der Waals surface area contributed by atoms with E-state index in [2.05, 4.69) is 15.7 Å². The molecular weight excluding hydrogens is 244 g/mol. The summed E-state index contributed by atoms with van der Waals surface area (Å²) < 4.78 is 0. The standard InChI is InChI=1S/C14H16N2OS/c1-10-9-18-14(16-10)7-8-15-13-5-3-12(4-6-13)11(2)17/h3-6,9,15H,7-8H2,1-2H3. The third-order valence-corrected chi connectivity index (χ3v) is 3.65. The fraction of sp³-hybridized carbons (Fsp3) is 0.286. The number of thiazole rings is 1. The molecule has 18 heavy (non-hydrogen) atoms. The first-order valence-electron chi connectivity index (χ1n) is 5.91. The number of ketones is 1. The molecule has 0 saturated heterocycles. The second-order valence-corrected chi connectivity index (χ2v) is 5.14. The fourth-order valence-corrected chi connectivity index (χ4v) is 2.43. The van der Waals surface area contributed by atoms with Gasteiger partial charge >= 0.3 is 0 Å². The highest BCUT2D eigenvalue weighted by atomic mass is 32.1. The van der Waals surface area contributed by atoms with Crippen molar-refractivity contribution in [2.75, 3.05) is 11.9 Å². The Labute approximate surface area is 111 Å². The van der Waals surface area contributed by atoms with Gasteiger partial charge in [0.1, 0.15) is 0 Å². The van der Waals surface area contributed by atoms with Gasteiger partial charge in [0.05, 0.1) is 5.01 Å². The van der Waals surface area contributed by atoms with Crippen LogP contribution in [0.2, 0.25) is 0 Å². The van der Waals surface area contributed by atoms with Crippen molar-refractivity contribution in [2.45, 2.75) is 20.3 Å². The quantitative estimate of drug-likeness (QED) is 0.839. The van der Waals surface area contributed by atoms with Crippen molar-refractivity contribution in [3.05, 3.63) is 45.9 Å². The molecule has 3 nitrogen and oxygen atoms in total. The highest BCUT2D eigenvalue weighted by Crippen LogP contribution is 2.12. The van der Waals surface area contributed by atoms with Crippen LogP contribution in [0, 0.1) is 6.92 Å². The van der Waals surface area contributed by atoms with Gasteiger partial charge in [-0.05, 0) is 38.1 Å². The third-order valence-electron chi connectivity index (χ3n) is 2.63. The smallest absolute Gasteiger partial charge is 0.159 e. The summed E-state index contributed by atoms with van der Waals surface area (Å²) in [5.41, 5.74) is 2.87. The molecule has 94 valence electrons. The Kier molecular flexibility index (Phi) is 4.10. The van der Waals surface area contributed by atoms with E-state index in [9.17, 15) is 4.79 Å². The minimum atomic E-state index is 0.0970. The number of nitrogens with zero attached hydrogens (tertiary/aromatic N) is 1. The second-order valence-electron chi connectivity index (χ2n) is 4.19. The molecule has 0 spiro atoms. The Bertz CT molecular complexity index is 531. The highest BCUT2D eigenvalue weighted by molar-refractivity contribution is 7.09. The minimum Gasteiger partial charge on any atom is -0.385 e. The zero-order valence-corrected chi connectivity index (χ0v) is 11.4. The number of hydrogen-bond acceptors (Lipinski definition) is 4. The largest absolute Gasteiger partial charge is 0.385 e. The van der Waals surface area contributed by atoms with Gasteiger partial charge in [0.25, 0.3) is 0 Å². The van der Waals surface area contributed by atoms with Gasteiger partial charge in [0.15, 0.2) is 5.78 Å². The molecule has 0 bridgehead atoms. The average Bonchev–Trinajstić information content (AvgIpc) is 2.76. The van der Waals surface area contributed by atoms with Crippen LogP contribution in [-0.4, -0.2) is 17.3 Å². The van der Waals surface area contributed by atoms with Gasteiger partial charge in [-0.2, -0.15) is 0 Å². The van der Waals surface area contributed by atoms with Crippen molar-refractivity contribution >= 4 is 22.8 Å². The van der Waals surface area contributed by atoms with E-state index in [0.29, 0.717) is 0 Å². The van der Waals surface area contributed by atoms with Crippen LogP contribution in [0.3, 0.4) is 0 Å². The number of carbonyl (C=O) groups excluding carboxylic acids is 1. The number of carbonyl (C=O) groups is 1. The lowest BCUT2D eigenvalue weighted by molar-refractivity contribution is 0.101. The summed E-state index contributed by atoms with van der Waals surface area (Å²) in [6, 6.07) is 7.56. The molecule has 0 amide bonds. The van der Waals surface area contributed by atoms with E-state index >= 15 is 0 Å². The van der Waals surface area contributed by atoms with Crippen LogP contribution in [-0.2, 0) is 6.42 Å². The van der Waals surface area contributed by atoms with Gasteiger partial charge in [-0.25, -0.2) is 4.98 Å². The molecular formula is C14H16N2OS. The topological polar surface area (TPSA) is 42.0 Å². The molecule has 4 heteroatoms. The van der Waals surface area contributed by atoms with Crippen molar-refractivity contribution in [3.63, 3.8) is 0 Å². The van der Waals surface area contributed by atoms with Crippen LogP contribution < -0.4 is 5.32 Å². The van der Waals surface area contributed by atoms with E-state index in [-0.39, 0.29) is 5.78 Å². The Morgan fingerprint density at radius 2 is 2.06 bits per heavy atom. The van der Waals surface area contributed by atoms with Crippen LogP contribution in [0.4, 0.5) is 5.69 Å². The van der Waals surface area contributed by atoms with Crippen LogP contribution in [0.15, 0.2) is 29.6 Å². The number of benzene rings is 1. The normalized spacial score (nSPS) is 10.3. The molecule has 0 aliphatic carbocycles. The SMILES string of the molecule is CC(=O)c1ccc(NCCc2nc(C)cs2)cc1. The maximum absolute atomic E-state index is 11.1. The van der Waals surface area contributed by atoms with Crippen LogP contribution in [0.25, 0.3) is 0 Å². The van der Waals surface area contributed by atoms with Gasteiger partial charge in [0, 0.05) is 35.3 Å². The predicted octanol–water partition coefficient (Wildman–Crippen LogP) is 3.31. The molecule has 0 atom stereocenters. The number of rotatable bonds is 5. The third kappa shape index (κ3) is 3.40. The van der Waals surface area contributed by atoms with E-state index in [1.165, 1.54) is 0 Å². The van der Waals surface area contributed by atoms with Gasteiger partial charge in [-0.15, -0.1) is 11.3 Å². The maximum Gasteiger partial charge on any atom is 0.159 e. The van der Waals surface area contributed by atoms with E-state index in [4.69, 9.17) is 0 Å². The van der Waals surface area contributed by atoms with Crippen molar-refractivity contribution in [1.82, 2.24) is 4.98 Å². The van der Waals surface area contributed by atoms with E-state index in [1.54, 1.807) is 18.3 Å². The Hall–Kier alpha value is -1.68. The van der Waals surface area contributed by atoms with Crippen LogP contribution >= 0.6 is 11.3 Å². The first kappa shape index (κ1) is 12.8. The number of aryl methyl sites for hydroxylation is 1. The molecule has 1 heterocycles. The molecule has 1 aromatic carbocycles. The summed E-state index contributed by atoms with van der Waals surface area (Å²) >= 11 is 1.70. The Morgan fingerprint density at radius 1 is 1.33 bits per heavy atom. The van der Waals surface area contributed by atoms with Gasteiger partial charge < -0.3 is 5.32 Å². The van der Waals surface area contributed by atoms with E-state index in [0.717, 1.165) is 34.9 Å².